The summed E-state index contributed by atoms with van der Waals surface area (Å²) in [4.78, 5) is 0. The maximum Gasteiger partial charge on any atom is 0.130 e. The second kappa shape index (κ2) is 6.99. The van der Waals surface area contributed by atoms with E-state index in [-0.39, 0.29) is 0 Å². The third-order valence-electron chi connectivity index (χ3n) is 5.20. The maximum atomic E-state index is 5.87. The summed E-state index contributed by atoms with van der Waals surface area (Å²) in [6.45, 7) is 4.17. The second-order valence-electron chi connectivity index (χ2n) is 6.88. The van der Waals surface area contributed by atoms with Gasteiger partial charge in [0.1, 0.15) is 23.0 Å². The van der Waals surface area contributed by atoms with E-state index >= 15 is 0 Å². The SMILES string of the molecule is CCc1ccc2c(c1-c1cc(OC)cc(OC)c1)C=C(c1ccc(C)o1)C2. The van der Waals surface area contributed by atoms with E-state index in [1.165, 1.54) is 27.8 Å². The number of aryl methyl sites for hydroxylation is 2. The molecule has 3 nitrogen and oxygen atoms in total. The molecule has 0 saturated heterocycles. The van der Waals surface area contributed by atoms with E-state index in [9.17, 15) is 0 Å². The Morgan fingerprint density at radius 2 is 1.70 bits per heavy atom. The Balaban J connectivity index is 1.90. The van der Waals surface area contributed by atoms with Gasteiger partial charge in [-0.2, -0.15) is 0 Å². The summed E-state index contributed by atoms with van der Waals surface area (Å²) in [7, 11) is 3.37. The minimum atomic E-state index is 0.799. The first-order chi connectivity index (χ1) is 13.1. The van der Waals surface area contributed by atoms with Gasteiger partial charge in [0.2, 0.25) is 0 Å². The van der Waals surface area contributed by atoms with Crippen molar-refractivity contribution in [3.63, 3.8) is 0 Å². The monoisotopic (exact) mass is 360 g/mol. The van der Waals surface area contributed by atoms with Crippen molar-refractivity contribution in [2.45, 2.75) is 26.7 Å². The van der Waals surface area contributed by atoms with E-state index in [4.69, 9.17) is 13.9 Å². The lowest BCUT2D eigenvalue weighted by molar-refractivity contribution is 0.394. The quantitative estimate of drug-likeness (QED) is 0.565. The minimum Gasteiger partial charge on any atom is -0.497 e. The molecular formula is C24H24O3. The number of ether oxygens (including phenoxy) is 2. The molecule has 2 aromatic carbocycles. The third kappa shape index (κ3) is 3.14. The Hall–Kier alpha value is -2.94. The number of hydrogen-bond acceptors (Lipinski definition) is 3. The van der Waals surface area contributed by atoms with Crippen LogP contribution in [0.3, 0.4) is 0 Å². The van der Waals surface area contributed by atoms with Crippen LogP contribution in [0.2, 0.25) is 0 Å². The fraction of sp³-hybridized carbons (Fsp3) is 0.250. The summed E-state index contributed by atoms with van der Waals surface area (Å²) in [6.07, 6.45) is 4.12. The van der Waals surface area contributed by atoms with Crippen LogP contribution >= 0.6 is 0 Å². The molecular weight excluding hydrogens is 336 g/mol. The number of methoxy groups -OCH3 is 2. The molecule has 0 spiro atoms. The van der Waals surface area contributed by atoms with E-state index in [0.29, 0.717) is 0 Å². The molecule has 0 aliphatic heterocycles. The third-order valence-corrected chi connectivity index (χ3v) is 5.20. The van der Waals surface area contributed by atoms with Crippen molar-refractivity contribution in [3.05, 3.63) is 70.7 Å². The van der Waals surface area contributed by atoms with Gasteiger partial charge in [0.15, 0.2) is 0 Å². The summed E-state index contributed by atoms with van der Waals surface area (Å²) in [5, 5.41) is 0. The first kappa shape index (κ1) is 17.5. The molecule has 27 heavy (non-hydrogen) atoms. The molecule has 0 radical (unpaired) electrons. The molecule has 138 valence electrons. The van der Waals surface area contributed by atoms with Crippen LogP contribution < -0.4 is 9.47 Å². The van der Waals surface area contributed by atoms with Gasteiger partial charge in [-0.15, -0.1) is 0 Å². The van der Waals surface area contributed by atoms with Gasteiger partial charge in [0, 0.05) is 12.5 Å². The largest absolute Gasteiger partial charge is 0.497 e. The predicted molar refractivity (Wildman–Crippen MR) is 109 cm³/mol. The van der Waals surface area contributed by atoms with Gasteiger partial charge in [-0.25, -0.2) is 0 Å². The van der Waals surface area contributed by atoms with Crippen LogP contribution in [0.25, 0.3) is 22.8 Å². The van der Waals surface area contributed by atoms with Crippen molar-refractivity contribution >= 4 is 11.6 Å². The molecule has 0 N–H and O–H groups in total. The van der Waals surface area contributed by atoms with Crippen LogP contribution in [0.5, 0.6) is 11.5 Å². The highest BCUT2D eigenvalue weighted by Gasteiger charge is 2.22. The van der Waals surface area contributed by atoms with Gasteiger partial charge < -0.3 is 13.9 Å². The smallest absolute Gasteiger partial charge is 0.130 e. The summed E-state index contributed by atoms with van der Waals surface area (Å²) >= 11 is 0. The fourth-order valence-electron chi connectivity index (χ4n) is 3.81. The van der Waals surface area contributed by atoms with Gasteiger partial charge in [-0.05, 0) is 77.1 Å². The summed E-state index contributed by atoms with van der Waals surface area (Å²) in [5.74, 6) is 3.49. The lowest BCUT2D eigenvalue weighted by Crippen LogP contribution is -1.96. The van der Waals surface area contributed by atoms with Crippen molar-refractivity contribution in [1.29, 1.82) is 0 Å². The average Bonchev–Trinajstić information content (AvgIpc) is 3.32. The zero-order chi connectivity index (χ0) is 19.0. The van der Waals surface area contributed by atoms with E-state index in [2.05, 4.69) is 43.3 Å². The molecule has 0 saturated carbocycles. The highest BCUT2D eigenvalue weighted by Crippen LogP contribution is 2.42. The minimum absolute atomic E-state index is 0.799. The fourth-order valence-corrected chi connectivity index (χ4v) is 3.81. The molecule has 1 aliphatic rings. The van der Waals surface area contributed by atoms with Crippen molar-refractivity contribution in [3.8, 4) is 22.6 Å². The van der Waals surface area contributed by atoms with Crippen LogP contribution in [0.4, 0.5) is 0 Å². The summed E-state index contributed by atoms with van der Waals surface area (Å²) < 4.78 is 16.9. The first-order valence-electron chi connectivity index (χ1n) is 9.28. The van der Waals surface area contributed by atoms with Gasteiger partial charge in [-0.1, -0.05) is 19.1 Å². The Kier molecular flexibility index (Phi) is 4.53. The first-order valence-corrected chi connectivity index (χ1v) is 9.28. The molecule has 0 unspecified atom stereocenters. The Morgan fingerprint density at radius 3 is 2.30 bits per heavy atom. The molecule has 0 bridgehead atoms. The van der Waals surface area contributed by atoms with Crippen molar-refractivity contribution in [2.75, 3.05) is 14.2 Å². The van der Waals surface area contributed by atoms with Gasteiger partial charge >= 0.3 is 0 Å². The van der Waals surface area contributed by atoms with E-state index in [1.54, 1.807) is 14.2 Å². The van der Waals surface area contributed by atoms with E-state index < -0.39 is 0 Å². The maximum absolute atomic E-state index is 5.87. The molecule has 1 aromatic heterocycles. The number of rotatable bonds is 5. The molecule has 3 heteroatoms. The van der Waals surface area contributed by atoms with E-state index in [0.717, 1.165) is 41.4 Å². The molecule has 0 atom stereocenters. The van der Waals surface area contributed by atoms with Crippen molar-refractivity contribution < 1.29 is 13.9 Å². The molecule has 0 fully saturated rings. The van der Waals surface area contributed by atoms with Crippen LogP contribution in [-0.4, -0.2) is 14.2 Å². The second-order valence-corrected chi connectivity index (χ2v) is 6.88. The topological polar surface area (TPSA) is 31.6 Å². The summed E-state index contributed by atoms with van der Waals surface area (Å²) in [5.41, 5.74) is 7.51. The molecule has 0 amide bonds. The Bertz CT molecular complexity index is 1000. The summed E-state index contributed by atoms with van der Waals surface area (Å²) in [6, 6.07) is 14.6. The number of hydrogen-bond donors (Lipinski definition) is 0. The van der Waals surface area contributed by atoms with Gasteiger partial charge in [0.25, 0.3) is 0 Å². The predicted octanol–water partition coefficient (Wildman–Crippen LogP) is 5.93. The van der Waals surface area contributed by atoms with Crippen LogP contribution in [-0.2, 0) is 12.8 Å². The molecule has 4 rings (SSSR count). The lowest BCUT2D eigenvalue weighted by Gasteiger charge is -2.15. The number of allylic oxidation sites excluding steroid dienone is 1. The number of fused-ring (bicyclic) bond motifs is 1. The molecule has 3 aromatic rings. The Labute approximate surface area is 160 Å². The average molecular weight is 360 g/mol. The zero-order valence-corrected chi connectivity index (χ0v) is 16.3. The van der Waals surface area contributed by atoms with Crippen LogP contribution in [0.1, 0.15) is 35.1 Å². The van der Waals surface area contributed by atoms with Crippen LogP contribution in [0.15, 0.2) is 46.9 Å². The van der Waals surface area contributed by atoms with Gasteiger partial charge in [0.05, 0.1) is 14.2 Å². The number of furan rings is 1. The standard InChI is InChI=1S/C24H24O3/c1-5-16-7-8-17-10-18(23-9-6-15(2)27-23)13-22(17)24(16)19-11-20(25-3)14-21(12-19)26-4/h6-9,11-14H,5,10H2,1-4H3. The highest BCUT2D eigenvalue weighted by atomic mass is 16.5. The lowest BCUT2D eigenvalue weighted by atomic mass is 9.91. The normalized spacial score (nSPS) is 12.7. The van der Waals surface area contributed by atoms with Crippen molar-refractivity contribution in [1.82, 2.24) is 0 Å². The highest BCUT2D eigenvalue weighted by molar-refractivity contribution is 5.94. The van der Waals surface area contributed by atoms with Crippen LogP contribution in [0, 0.1) is 6.92 Å². The van der Waals surface area contributed by atoms with E-state index in [1.807, 2.05) is 19.1 Å². The molecule has 1 aliphatic carbocycles. The van der Waals surface area contributed by atoms with Gasteiger partial charge in [-0.3, -0.25) is 0 Å². The molecule has 1 heterocycles. The van der Waals surface area contributed by atoms with Crippen molar-refractivity contribution in [2.24, 2.45) is 0 Å². The zero-order valence-electron chi connectivity index (χ0n) is 16.3. The number of benzene rings is 2. The Morgan fingerprint density at radius 1 is 0.963 bits per heavy atom.